The van der Waals surface area contributed by atoms with Crippen LogP contribution in [0.4, 0.5) is 5.69 Å². The second-order valence-corrected chi connectivity index (χ2v) is 2.74. The van der Waals surface area contributed by atoms with Crippen LogP contribution in [0.5, 0.6) is 5.75 Å². The van der Waals surface area contributed by atoms with Gasteiger partial charge in [-0.2, -0.15) is 0 Å². The Morgan fingerprint density at radius 3 is 2.50 bits per heavy atom. The SMILES string of the molecule is O=C(O)c1scc([N+](=O)[O-])c1O. The monoisotopic (exact) mass is 189 g/mol. The molecule has 0 aliphatic heterocycles. The highest BCUT2D eigenvalue weighted by Gasteiger charge is 2.23. The summed E-state index contributed by atoms with van der Waals surface area (Å²) in [5.41, 5.74) is -0.572. The molecule has 0 aliphatic rings. The number of carbonyl (C=O) groups is 1. The predicted octanol–water partition coefficient (Wildman–Crippen LogP) is 1.06. The Bertz CT molecular complexity index is 312. The summed E-state index contributed by atoms with van der Waals surface area (Å²) < 4.78 is 0. The number of carboxylic acid groups (broad SMARTS) is 1. The van der Waals surface area contributed by atoms with E-state index in [-0.39, 0.29) is 0 Å². The van der Waals surface area contributed by atoms with E-state index >= 15 is 0 Å². The van der Waals surface area contributed by atoms with E-state index in [9.17, 15) is 14.9 Å². The molecular formula is C5H3NO5S. The van der Waals surface area contributed by atoms with E-state index in [2.05, 4.69) is 0 Å². The lowest BCUT2D eigenvalue weighted by atomic mass is 10.4. The minimum absolute atomic E-state index is 0.415. The molecule has 0 saturated heterocycles. The lowest BCUT2D eigenvalue weighted by Gasteiger charge is -1.88. The van der Waals surface area contributed by atoms with Crippen LogP contribution in [0.2, 0.25) is 0 Å². The molecule has 7 heteroatoms. The third kappa shape index (κ3) is 1.21. The highest BCUT2D eigenvalue weighted by molar-refractivity contribution is 7.12. The zero-order valence-electron chi connectivity index (χ0n) is 5.55. The number of thiophene rings is 1. The lowest BCUT2D eigenvalue weighted by molar-refractivity contribution is -0.385. The molecular weight excluding hydrogens is 186 g/mol. The summed E-state index contributed by atoms with van der Waals surface area (Å²) in [6.45, 7) is 0. The number of nitrogens with zero attached hydrogens (tertiary/aromatic N) is 1. The normalized spacial score (nSPS) is 9.67. The van der Waals surface area contributed by atoms with E-state index in [0.717, 1.165) is 5.38 Å². The Morgan fingerprint density at radius 2 is 2.25 bits per heavy atom. The molecule has 0 aliphatic carbocycles. The van der Waals surface area contributed by atoms with Gasteiger partial charge in [0.25, 0.3) is 0 Å². The van der Waals surface area contributed by atoms with Gasteiger partial charge in [-0.15, -0.1) is 11.3 Å². The number of hydrogen-bond donors (Lipinski definition) is 2. The number of aromatic hydroxyl groups is 1. The van der Waals surface area contributed by atoms with Crippen molar-refractivity contribution in [3.63, 3.8) is 0 Å². The molecule has 2 N–H and O–H groups in total. The molecule has 1 heterocycles. The standard InChI is InChI=1S/C5H3NO5S/c7-3-2(6(10)11)1-12-4(3)5(8)9/h1,7H,(H,8,9). The zero-order valence-corrected chi connectivity index (χ0v) is 6.37. The fourth-order valence-electron chi connectivity index (χ4n) is 0.624. The van der Waals surface area contributed by atoms with Crippen LogP contribution in [0, 0.1) is 10.1 Å². The summed E-state index contributed by atoms with van der Waals surface area (Å²) in [6.07, 6.45) is 0. The highest BCUT2D eigenvalue weighted by atomic mass is 32.1. The van der Waals surface area contributed by atoms with Gasteiger partial charge in [0, 0.05) is 0 Å². The van der Waals surface area contributed by atoms with Crippen molar-refractivity contribution in [1.82, 2.24) is 0 Å². The van der Waals surface area contributed by atoms with Gasteiger partial charge in [0.1, 0.15) is 0 Å². The van der Waals surface area contributed by atoms with Gasteiger partial charge in [0.05, 0.1) is 10.3 Å². The summed E-state index contributed by atoms with van der Waals surface area (Å²) in [5.74, 6) is -2.15. The van der Waals surface area contributed by atoms with Gasteiger partial charge in [-0.05, 0) is 0 Å². The zero-order chi connectivity index (χ0) is 9.30. The number of hydrogen-bond acceptors (Lipinski definition) is 5. The van der Waals surface area contributed by atoms with Crippen molar-refractivity contribution in [2.24, 2.45) is 0 Å². The molecule has 1 aromatic rings. The van der Waals surface area contributed by atoms with E-state index in [1.807, 2.05) is 0 Å². The van der Waals surface area contributed by atoms with Crippen molar-refractivity contribution in [2.45, 2.75) is 0 Å². The van der Waals surface area contributed by atoms with E-state index in [4.69, 9.17) is 10.2 Å². The van der Waals surface area contributed by atoms with Crippen molar-refractivity contribution >= 4 is 23.0 Å². The van der Waals surface area contributed by atoms with Crippen molar-refractivity contribution < 1.29 is 19.9 Å². The molecule has 64 valence electrons. The Balaban J connectivity index is 3.22. The van der Waals surface area contributed by atoms with Gasteiger partial charge >= 0.3 is 11.7 Å². The first-order valence-electron chi connectivity index (χ1n) is 2.72. The first-order valence-corrected chi connectivity index (χ1v) is 3.60. The number of aromatic carboxylic acids is 1. The molecule has 0 radical (unpaired) electrons. The summed E-state index contributed by atoms with van der Waals surface area (Å²) in [7, 11) is 0. The minimum atomic E-state index is -1.37. The summed E-state index contributed by atoms with van der Waals surface area (Å²) >= 11 is 0.621. The van der Waals surface area contributed by atoms with Gasteiger partial charge < -0.3 is 10.2 Å². The van der Waals surface area contributed by atoms with Crippen molar-refractivity contribution in [1.29, 1.82) is 0 Å². The average Bonchev–Trinajstić information content (AvgIpc) is 2.30. The Morgan fingerprint density at radius 1 is 1.67 bits per heavy atom. The third-order valence-electron chi connectivity index (χ3n) is 1.14. The predicted molar refractivity (Wildman–Crippen MR) is 39.6 cm³/mol. The number of rotatable bonds is 2. The largest absolute Gasteiger partial charge is 0.501 e. The third-order valence-corrected chi connectivity index (χ3v) is 2.08. The van der Waals surface area contributed by atoms with Crippen molar-refractivity contribution in [3.8, 4) is 5.75 Å². The first kappa shape index (κ1) is 8.47. The van der Waals surface area contributed by atoms with Crippen LogP contribution in [0.3, 0.4) is 0 Å². The van der Waals surface area contributed by atoms with Crippen LogP contribution < -0.4 is 0 Å². The molecule has 1 rings (SSSR count). The summed E-state index contributed by atoms with van der Waals surface area (Å²) in [5, 5.41) is 28.4. The van der Waals surface area contributed by atoms with E-state index in [0.29, 0.717) is 11.3 Å². The molecule has 0 bridgehead atoms. The van der Waals surface area contributed by atoms with Crippen LogP contribution in [0.15, 0.2) is 5.38 Å². The average molecular weight is 189 g/mol. The maximum atomic E-state index is 10.3. The van der Waals surface area contributed by atoms with E-state index in [1.54, 1.807) is 0 Å². The van der Waals surface area contributed by atoms with Gasteiger partial charge in [-0.25, -0.2) is 4.79 Å². The number of carboxylic acids is 1. The van der Waals surface area contributed by atoms with Crippen LogP contribution in [0.25, 0.3) is 0 Å². The highest BCUT2D eigenvalue weighted by Crippen LogP contribution is 2.35. The molecule has 6 nitrogen and oxygen atoms in total. The second-order valence-electron chi connectivity index (χ2n) is 1.86. The van der Waals surface area contributed by atoms with Gasteiger partial charge in [-0.1, -0.05) is 0 Å². The molecule has 0 fully saturated rings. The van der Waals surface area contributed by atoms with Crippen LogP contribution in [0.1, 0.15) is 9.67 Å². The molecule has 0 saturated carbocycles. The van der Waals surface area contributed by atoms with Gasteiger partial charge in [0.2, 0.25) is 5.75 Å². The lowest BCUT2D eigenvalue weighted by Crippen LogP contribution is -1.92. The molecule has 0 spiro atoms. The van der Waals surface area contributed by atoms with Gasteiger partial charge in [0.15, 0.2) is 4.88 Å². The maximum Gasteiger partial charge on any atom is 0.350 e. The maximum absolute atomic E-state index is 10.3. The van der Waals surface area contributed by atoms with Crippen LogP contribution >= 0.6 is 11.3 Å². The van der Waals surface area contributed by atoms with Crippen molar-refractivity contribution in [3.05, 3.63) is 20.4 Å². The second kappa shape index (κ2) is 2.78. The Hall–Kier alpha value is -1.63. The molecule has 0 unspecified atom stereocenters. The topological polar surface area (TPSA) is 101 Å². The molecule has 1 aromatic heterocycles. The fourth-order valence-corrected chi connectivity index (χ4v) is 1.37. The summed E-state index contributed by atoms with van der Waals surface area (Å²) in [6, 6.07) is 0. The molecule has 0 aromatic carbocycles. The van der Waals surface area contributed by atoms with Crippen molar-refractivity contribution in [2.75, 3.05) is 0 Å². The summed E-state index contributed by atoms with van der Waals surface area (Å²) in [4.78, 5) is 19.2. The van der Waals surface area contributed by atoms with Crippen LogP contribution in [-0.2, 0) is 0 Å². The Labute approximate surface area is 69.8 Å². The number of nitro groups is 1. The fraction of sp³-hybridized carbons (Fsp3) is 0. The molecule has 0 atom stereocenters. The quantitative estimate of drug-likeness (QED) is 0.535. The van der Waals surface area contributed by atoms with E-state index < -0.39 is 27.2 Å². The van der Waals surface area contributed by atoms with Gasteiger partial charge in [-0.3, -0.25) is 10.1 Å². The smallest absolute Gasteiger partial charge is 0.350 e. The Kier molecular flexibility index (Phi) is 1.96. The van der Waals surface area contributed by atoms with E-state index in [1.165, 1.54) is 0 Å². The molecule has 12 heavy (non-hydrogen) atoms. The minimum Gasteiger partial charge on any atom is -0.501 e. The molecule has 0 amide bonds. The first-order chi connectivity index (χ1) is 5.54. The van der Waals surface area contributed by atoms with Crippen LogP contribution in [-0.4, -0.2) is 21.1 Å².